The number of nitrogens with zero attached hydrogens (tertiary/aromatic N) is 3. The standard InChI is InChI=1S/C22H39N5O3/c1-6-23-22(24-10-11-26(3)7-2)25-17-19(27-12-14-30-15-13-27)18-8-9-20(28-4)21(16-18)29-5/h8-9,16,19H,6-7,10-15,17H2,1-5H3,(H2,23,24,25). The van der Waals surface area contributed by atoms with Crippen molar-refractivity contribution in [2.75, 3.05) is 80.3 Å². The first-order valence-corrected chi connectivity index (χ1v) is 10.9. The summed E-state index contributed by atoms with van der Waals surface area (Å²) < 4.78 is 16.5. The minimum atomic E-state index is 0.141. The van der Waals surface area contributed by atoms with Crippen molar-refractivity contribution in [2.45, 2.75) is 19.9 Å². The third kappa shape index (κ3) is 7.34. The molecule has 1 saturated heterocycles. The number of guanidine groups is 1. The number of methoxy groups -OCH3 is 2. The average molecular weight is 422 g/mol. The third-order valence-corrected chi connectivity index (χ3v) is 5.37. The molecule has 2 rings (SSSR count). The second-order valence-corrected chi connectivity index (χ2v) is 7.32. The Morgan fingerprint density at radius 2 is 1.90 bits per heavy atom. The fourth-order valence-corrected chi connectivity index (χ4v) is 3.42. The molecule has 0 bridgehead atoms. The molecule has 8 nitrogen and oxygen atoms in total. The van der Waals surface area contributed by atoms with E-state index in [1.165, 1.54) is 5.56 Å². The molecule has 1 heterocycles. The molecule has 1 unspecified atom stereocenters. The number of hydrogen-bond donors (Lipinski definition) is 2. The predicted octanol–water partition coefficient (Wildman–Crippen LogP) is 1.58. The molecule has 0 saturated carbocycles. The van der Waals surface area contributed by atoms with Crippen molar-refractivity contribution in [3.8, 4) is 11.5 Å². The van der Waals surface area contributed by atoms with E-state index in [2.05, 4.69) is 53.5 Å². The normalized spacial score (nSPS) is 16.4. The molecule has 1 aromatic carbocycles. The van der Waals surface area contributed by atoms with Crippen LogP contribution in [-0.2, 0) is 4.74 Å². The van der Waals surface area contributed by atoms with E-state index in [1.807, 2.05) is 6.07 Å². The third-order valence-electron chi connectivity index (χ3n) is 5.37. The van der Waals surface area contributed by atoms with E-state index in [4.69, 9.17) is 19.2 Å². The number of hydrogen-bond acceptors (Lipinski definition) is 6. The lowest BCUT2D eigenvalue weighted by atomic mass is 10.0. The summed E-state index contributed by atoms with van der Waals surface area (Å²) in [5, 5.41) is 6.80. The van der Waals surface area contributed by atoms with E-state index in [1.54, 1.807) is 14.2 Å². The quantitative estimate of drug-likeness (QED) is 0.415. The largest absolute Gasteiger partial charge is 0.493 e. The molecule has 0 spiro atoms. The van der Waals surface area contributed by atoms with Crippen LogP contribution in [-0.4, -0.2) is 96.1 Å². The molecule has 170 valence electrons. The van der Waals surface area contributed by atoms with Crippen LogP contribution < -0.4 is 20.1 Å². The van der Waals surface area contributed by atoms with Gasteiger partial charge in [-0.25, -0.2) is 0 Å². The Balaban J connectivity index is 2.18. The van der Waals surface area contributed by atoms with Gasteiger partial charge in [-0.15, -0.1) is 0 Å². The molecule has 2 N–H and O–H groups in total. The number of morpholine rings is 1. The molecule has 1 aliphatic heterocycles. The van der Waals surface area contributed by atoms with Crippen molar-refractivity contribution >= 4 is 5.96 Å². The first kappa shape index (κ1) is 24.2. The highest BCUT2D eigenvalue weighted by Crippen LogP contribution is 2.32. The van der Waals surface area contributed by atoms with Gasteiger partial charge >= 0.3 is 0 Å². The first-order chi connectivity index (χ1) is 14.6. The summed E-state index contributed by atoms with van der Waals surface area (Å²) >= 11 is 0. The van der Waals surface area contributed by atoms with E-state index in [-0.39, 0.29) is 6.04 Å². The number of benzene rings is 1. The molecular formula is C22H39N5O3. The van der Waals surface area contributed by atoms with Gasteiger partial charge < -0.3 is 29.7 Å². The van der Waals surface area contributed by atoms with E-state index in [0.717, 1.165) is 69.9 Å². The van der Waals surface area contributed by atoms with Crippen LogP contribution in [0.5, 0.6) is 11.5 Å². The van der Waals surface area contributed by atoms with Crippen molar-refractivity contribution in [1.82, 2.24) is 20.4 Å². The molecule has 30 heavy (non-hydrogen) atoms. The summed E-state index contributed by atoms with van der Waals surface area (Å²) in [7, 11) is 5.45. The highest BCUT2D eigenvalue weighted by Gasteiger charge is 2.24. The Morgan fingerprint density at radius 3 is 2.53 bits per heavy atom. The lowest BCUT2D eigenvalue weighted by molar-refractivity contribution is 0.0179. The van der Waals surface area contributed by atoms with Crippen LogP contribution in [0, 0.1) is 0 Å². The lowest BCUT2D eigenvalue weighted by Gasteiger charge is -2.34. The smallest absolute Gasteiger partial charge is 0.191 e. The van der Waals surface area contributed by atoms with Crippen LogP contribution in [0.25, 0.3) is 0 Å². The molecule has 0 amide bonds. The SMILES string of the molecule is CCNC(=NCC(c1ccc(OC)c(OC)c1)N1CCOCC1)NCCN(C)CC. The second-order valence-electron chi connectivity index (χ2n) is 7.32. The van der Waals surface area contributed by atoms with Crippen LogP contribution in [0.3, 0.4) is 0 Å². The molecule has 0 aromatic heterocycles. The van der Waals surface area contributed by atoms with Crippen LogP contribution in [0.1, 0.15) is 25.5 Å². The van der Waals surface area contributed by atoms with Gasteiger partial charge in [-0.3, -0.25) is 9.89 Å². The Bertz CT molecular complexity index is 650. The predicted molar refractivity (Wildman–Crippen MR) is 122 cm³/mol. The van der Waals surface area contributed by atoms with Gasteiger partial charge in [0.05, 0.1) is 40.0 Å². The maximum atomic E-state index is 5.57. The number of rotatable bonds is 11. The van der Waals surface area contributed by atoms with Crippen molar-refractivity contribution in [2.24, 2.45) is 4.99 Å². The van der Waals surface area contributed by atoms with Crippen LogP contribution >= 0.6 is 0 Å². The number of ether oxygens (including phenoxy) is 3. The summed E-state index contributed by atoms with van der Waals surface area (Å²) in [6.45, 7) is 11.9. The molecule has 1 aromatic rings. The van der Waals surface area contributed by atoms with Gasteiger partial charge in [0.25, 0.3) is 0 Å². The lowest BCUT2D eigenvalue weighted by Crippen LogP contribution is -2.43. The van der Waals surface area contributed by atoms with Crippen LogP contribution in [0.4, 0.5) is 0 Å². The van der Waals surface area contributed by atoms with Gasteiger partial charge in [-0.1, -0.05) is 13.0 Å². The van der Waals surface area contributed by atoms with Crippen molar-refractivity contribution < 1.29 is 14.2 Å². The Hall–Kier alpha value is -2.03. The molecule has 0 aliphatic carbocycles. The molecular weight excluding hydrogens is 382 g/mol. The van der Waals surface area contributed by atoms with E-state index in [0.29, 0.717) is 6.54 Å². The zero-order valence-electron chi connectivity index (χ0n) is 19.2. The molecule has 0 radical (unpaired) electrons. The summed E-state index contributed by atoms with van der Waals surface area (Å²) in [6, 6.07) is 6.27. The van der Waals surface area contributed by atoms with Crippen molar-refractivity contribution in [3.05, 3.63) is 23.8 Å². The summed E-state index contributed by atoms with van der Waals surface area (Å²) in [6.07, 6.45) is 0. The molecule has 1 fully saturated rings. The van der Waals surface area contributed by atoms with Gasteiger partial charge in [-0.05, 0) is 38.2 Å². The highest BCUT2D eigenvalue weighted by atomic mass is 16.5. The first-order valence-electron chi connectivity index (χ1n) is 10.9. The zero-order chi connectivity index (χ0) is 21.8. The monoisotopic (exact) mass is 421 g/mol. The number of likely N-dealkylation sites (N-methyl/N-ethyl adjacent to an activating group) is 1. The maximum absolute atomic E-state index is 5.57. The van der Waals surface area contributed by atoms with E-state index in [9.17, 15) is 0 Å². The summed E-state index contributed by atoms with van der Waals surface area (Å²) in [5.41, 5.74) is 1.17. The van der Waals surface area contributed by atoms with Crippen LogP contribution in [0.2, 0.25) is 0 Å². The Morgan fingerprint density at radius 1 is 1.17 bits per heavy atom. The van der Waals surface area contributed by atoms with Gasteiger partial charge in [0, 0.05) is 32.7 Å². The number of aliphatic imine (C=N–C) groups is 1. The minimum Gasteiger partial charge on any atom is -0.493 e. The summed E-state index contributed by atoms with van der Waals surface area (Å²) in [5.74, 6) is 2.33. The second kappa shape index (κ2) is 13.3. The molecule has 1 atom stereocenters. The van der Waals surface area contributed by atoms with Crippen molar-refractivity contribution in [1.29, 1.82) is 0 Å². The molecule has 1 aliphatic rings. The van der Waals surface area contributed by atoms with Crippen LogP contribution in [0.15, 0.2) is 23.2 Å². The topological polar surface area (TPSA) is 70.6 Å². The Labute approximate surface area is 181 Å². The maximum Gasteiger partial charge on any atom is 0.191 e. The van der Waals surface area contributed by atoms with Gasteiger partial charge in [0.2, 0.25) is 0 Å². The van der Waals surface area contributed by atoms with Gasteiger partial charge in [-0.2, -0.15) is 0 Å². The number of nitrogens with one attached hydrogen (secondary N) is 2. The fraction of sp³-hybridized carbons (Fsp3) is 0.682. The zero-order valence-corrected chi connectivity index (χ0v) is 19.2. The average Bonchev–Trinajstić information content (AvgIpc) is 2.79. The van der Waals surface area contributed by atoms with Gasteiger partial charge in [0.15, 0.2) is 17.5 Å². The molecule has 8 heteroatoms. The fourth-order valence-electron chi connectivity index (χ4n) is 3.42. The van der Waals surface area contributed by atoms with Crippen molar-refractivity contribution in [3.63, 3.8) is 0 Å². The summed E-state index contributed by atoms with van der Waals surface area (Å²) in [4.78, 5) is 9.62. The Kier molecular flexibility index (Phi) is 10.8. The minimum absolute atomic E-state index is 0.141. The van der Waals surface area contributed by atoms with Gasteiger partial charge in [0.1, 0.15) is 0 Å². The van der Waals surface area contributed by atoms with E-state index >= 15 is 0 Å². The van der Waals surface area contributed by atoms with E-state index < -0.39 is 0 Å². The highest BCUT2D eigenvalue weighted by molar-refractivity contribution is 5.79.